The van der Waals surface area contributed by atoms with E-state index in [1.54, 1.807) is 24.3 Å². The number of thioether (sulfide) groups is 1. The van der Waals surface area contributed by atoms with Crippen molar-refractivity contribution in [3.8, 4) is 11.5 Å². The van der Waals surface area contributed by atoms with Crippen molar-refractivity contribution < 1.29 is 18.7 Å². The molecule has 3 aromatic rings. The van der Waals surface area contributed by atoms with Gasteiger partial charge in [-0.3, -0.25) is 9.69 Å². The maximum absolute atomic E-state index is 13.7. The second-order valence-corrected chi connectivity index (χ2v) is 9.96. The highest BCUT2D eigenvalue weighted by molar-refractivity contribution is 8.27. The molecule has 0 bridgehead atoms. The largest absolute Gasteiger partial charge is 0.490 e. The first-order valence-electron chi connectivity index (χ1n) is 11.2. The summed E-state index contributed by atoms with van der Waals surface area (Å²) in [5.41, 5.74) is 3.00. The Morgan fingerprint density at radius 3 is 2.61 bits per heavy atom. The molecule has 1 heterocycles. The van der Waals surface area contributed by atoms with E-state index in [1.165, 1.54) is 28.8 Å². The van der Waals surface area contributed by atoms with Gasteiger partial charge >= 0.3 is 0 Å². The molecule has 0 aliphatic carbocycles. The molecule has 36 heavy (non-hydrogen) atoms. The van der Waals surface area contributed by atoms with E-state index in [0.29, 0.717) is 51.1 Å². The molecule has 0 aromatic heterocycles. The molecule has 0 unspecified atom stereocenters. The normalized spacial score (nSPS) is 14.4. The number of amides is 1. The lowest BCUT2D eigenvalue weighted by atomic mass is 10.0. The van der Waals surface area contributed by atoms with Gasteiger partial charge in [0.05, 0.1) is 17.2 Å². The van der Waals surface area contributed by atoms with E-state index in [1.807, 2.05) is 43.3 Å². The van der Waals surface area contributed by atoms with E-state index in [9.17, 15) is 9.18 Å². The summed E-state index contributed by atoms with van der Waals surface area (Å²) < 4.78 is 26.2. The number of anilines is 1. The molecule has 1 saturated heterocycles. The van der Waals surface area contributed by atoms with E-state index < -0.39 is 5.82 Å². The fourth-order valence-corrected chi connectivity index (χ4v) is 5.12. The monoisotopic (exact) mass is 539 g/mol. The Labute approximate surface area is 224 Å². The third-order valence-corrected chi connectivity index (χ3v) is 6.83. The summed E-state index contributed by atoms with van der Waals surface area (Å²) in [7, 11) is 0. The summed E-state index contributed by atoms with van der Waals surface area (Å²) >= 11 is 12.6. The fraction of sp³-hybridized carbons (Fsp3) is 0.143. The van der Waals surface area contributed by atoms with Crippen LogP contribution in [-0.2, 0) is 17.8 Å². The Morgan fingerprint density at radius 2 is 1.92 bits per heavy atom. The maximum atomic E-state index is 13.7. The highest BCUT2D eigenvalue weighted by Gasteiger charge is 2.33. The van der Waals surface area contributed by atoms with Crippen LogP contribution < -0.4 is 14.4 Å². The Balaban J connectivity index is 1.66. The van der Waals surface area contributed by atoms with E-state index in [-0.39, 0.29) is 5.91 Å². The first-order valence-corrected chi connectivity index (χ1v) is 12.8. The minimum atomic E-state index is -0.435. The number of allylic oxidation sites excluding steroid dienone is 1. The number of thiocarbonyl (C=S) groups is 1. The molecule has 8 heteroatoms. The first-order chi connectivity index (χ1) is 17.4. The van der Waals surface area contributed by atoms with Gasteiger partial charge < -0.3 is 9.47 Å². The molecular weight excluding hydrogens is 517 g/mol. The Morgan fingerprint density at radius 1 is 1.14 bits per heavy atom. The molecule has 0 radical (unpaired) electrons. The van der Waals surface area contributed by atoms with Crippen molar-refractivity contribution in [1.82, 2.24) is 0 Å². The number of hydrogen-bond donors (Lipinski definition) is 0. The van der Waals surface area contributed by atoms with Gasteiger partial charge in [-0.15, -0.1) is 6.58 Å². The van der Waals surface area contributed by atoms with Gasteiger partial charge in [0, 0.05) is 10.6 Å². The Bertz CT molecular complexity index is 1340. The van der Waals surface area contributed by atoms with Gasteiger partial charge in [0.15, 0.2) is 15.8 Å². The second kappa shape index (κ2) is 11.7. The number of nitrogens with zero attached hydrogens (tertiary/aromatic N) is 1. The Hall–Kier alpha value is -3.13. The van der Waals surface area contributed by atoms with Crippen molar-refractivity contribution in [3.05, 3.63) is 106 Å². The van der Waals surface area contributed by atoms with Gasteiger partial charge in [0.1, 0.15) is 12.4 Å². The fourth-order valence-electron chi connectivity index (χ4n) is 3.69. The van der Waals surface area contributed by atoms with Crippen LogP contribution in [0.5, 0.6) is 11.5 Å². The predicted octanol–water partition coefficient (Wildman–Crippen LogP) is 7.59. The number of carbonyl (C=O) groups is 1. The molecule has 1 aliphatic heterocycles. The van der Waals surface area contributed by atoms with Crippen LogP contribution in [0.25, 0.3) is 6.08 Å². The van der Waals surface area contributed by atoms with Crippen LogP contribution in [0.3, 0.4) is 0 Å². The zero-order valence-corrected chi connectivity index (χ0v) is 21.9. The highest BCUT2D eigenvalue weighted by Crippen LogP contribution is 2.39. The van der Waals surface area contributed by atoms with Gasteiger partial charge in [-0.2, -0.15) is 0 Å². The van der Waals surface area contributed by atoms with Crippen LogP contribution in [0.4, 0.5) is 10.1 Å². The van der Waals surface area contributed by atoms with Crippen LogP contribution in [0.15, 0.2) is 78.2 Å². The SMILES string of the molecule is C=CCc1cc(/C=C2/SC(=S)N(c3cccc(F)c3)C2=O)cc(OCC)c1OCc1ccc(Cl)cc1. The average molecular weight is 540 g/mol. The molecule has 3 aromatic carbocycles. The standard InChI is InChI=1S/C28H23ClFNO3S2/c1-3-6-20-13-19(14-24(33-4-2)26(20)34-17-18-9-11-21(29)12-10-18)15-25-27(32)31(28(35)36-25)23-8-5-7-22(30)16-23/h3,5,7-16H,1,4,6,17H2,2H3/b25-15+. The number of benzene rings is 3. The number of ether oxygens (including phenoxy) is 2. The molecule has 4 nitrogen and oxygen atoms in total. The van der Waals surface area contributed by atoms with Crippen molar-refractivity contribution in [1.29, 1.82) is 0 Å². The molecule has 0 saturated carbocycles. The van der Waals surface area contributed by atoms with E-state index in [0.717, 1.165) is 16.7 Å². The summed E-state index contributed by atoms with van der Waals surface area (Å²) in [6.07, 6.45) is 4.09. The minimum Gasteiger partial charge on any atom is -0.490 e. The molecule has 1 fully saturated rings. The number of hydrogen-bond acceptors (Lipinski definition) is 5. The minimum absolute atomic E-state index is 0.304. The quantitative estimate of drug-likeness (QED) is 0.159. The molecule has 0 atom stereocenters. The topological polar surface area (TPSA) is 38.8 Å². The second-order valence-electron chi connectivity index (χ2n) is 7.85. The van der Waals surface area contributed by atoms with Crippen molar-refractivity contribution in [2.24, 2.45) is 0 Å². The summed E-state index contributed by atoms with van der Waals surface area (Å²) in [6.45, 7) is 6.54. The number of halogens is 2. The lowest BCUT2D eigenvalue weighted by molar-refractivity contribution is -0.113. The summed E-state index contributed by atoms with van der Waals surface area (Å²) in [5.74, 6) is 0.450. The zero-order chi connectivity index (χ0) is 25.7. The van der Waals surface area contributed by atoms with Gasteiger partial charge in [-0.1, -0.05) is 59.9 Å². The third kappa shape index (κ3) is 5.98. The van der Waals surface area contributed by atoms with Gasteiger partial charge in [-0.05, 0) is 73.0 Å². The number of rotatable bonds is 9. The van der Waals surface area contributed by atoms with Gasteiger partial charge in [0.2, 0.25) is 0 Å². The number of carbonyl (C=O) groups excluding carboxylic acids is 1. The van der Waals surface area contributed by atoms with Gasteiger partial charge in [0.25, 0.3) is 5.91 Å². The van der Waals surface area contributed by atoms with Crippen LogP contribution in [0.1, 0.15) is 23.6 Å². The van der Waals surface area contributed by atoms with Crippen molar-refractivity contribution in [2.45, 2.75) is 20.0 Å². The van der Waals surface area contributed by atoms with Crippen molar-refractivity contribution in [2.75, 3.05) is 11.5 Å². The summed E-state index contributed by atoms with van der Waals surface area (Å²) in [5, 5.41) is 0.660. The van der Waals surface area contributed by atoms with E-state index in [2.05, 4.69) is 6.58 Å². The highest BCUT2D eigenvalue weighted by atomic mass is 35.5. The van der Waals surface area contributed by atoms with Crippen LogP contribution in [0, 0.1) is 5.82 Å². The summed E-state index contributed by atoms with van der Waals surface area (Å²) in [4.78, 5) is 14.9. The van der Waals surface area contributed by atoms with Gasteiger partial charge in [-0.25, -0.2) is 4.39 Å². The molecule has 0 N–H and O–H groups in total. The van der Waals surface area contributed by atoms with Crippen molar-refractivity contribution >= 4 is 57.6 Å². The molecular formula is C28H23ClFNO3S2. The van der Waals surface area contributed by atoms with Crippen LogP contribution in [-0.4, -0.2) is 16.8 Å². The predicted molar refractivity (Wildman–Crippen MR) is 149 cm³/mol. The zero-order valence-electron chi connectivity index (χ0n) is 19.5. The maximum Gasteiger partial charge on any atom is 0.270 e. The smallest absolute Gasteiger partial charge is 0.270 e. The van der Waals surface area contributed by atoms with E-state index in [4.69, 9.17) is 33.3 Å². The van der Waals surface area contributed by atoms with Crippen molar-refractivity contribution in [3.63, 3.8) is 0 Å². The molecule has 184 valence electrons. The molecule has 1 aliphatic rings. The lowest BCUT2D eigenvalue weighted by Gasteiger charge is -2.17. The lowest BCUT2D eigenvalue weighted by Crippen LogP contribution is -2.27. The summed E-state index contributed by atoms with van der Waals surface area (Å²) in [6, 6.07) is 17.0. The third-order valence-electron chi connectivity index (χ3n) is 5.27. The van der Waals surface area contributed by atoms with Crippen LogP contribution >= 0.6 is 35.6 Å². The molecule has 0 spiro atoms. The molecule has 4 rings (SSSR count). The van der Waals surface area contributed by atoms with Crippen LogP contribution in [0.2, 0.25) is 5.02 Å². The Kier molecular flexibility index (Phi) is 8.46. The average Bonchev–Trinajstić information content (AvgIpc) is 3.12. The molecule has 1 amide bonds. The van der Waals surface area contributed by atoms with E-state index >= 15 is 0 Å². The first kappa shape index (κ1) is 25.9.